The highest BCUT2D eigenvalue weighted by Gasteiger charge is 2.13. The highest BCUT2D eigenvalue weighted by Crippen LogP contribution is 2.27. The molecule has 0 amide bonds. The smallest absolute Gasteiger partial charge is 0.236 e. The zero-order valence-electron chi connectivity index (χ0n) is 11.3. The van der Waals surface area contributed by atoms with Gasteiger partial charge in [0.25, 0.3) is 0 Å². The van der Waals surface area contributed by atoms with Crippen molar-refractivity contribution in [3.05, 3.63) is 35.9 Å². The summed E-state index contributed by atoms with van der Waals surface area (Å²) in [6, 6.07) is 9.27. The zero-order valence-corrected chi connectivity index (χ0v) is 11.3. The molecule has 0 aliphatic carbocycles. The lowest BCUT2D eigenvalue weighted by Crippen LogP contribution is -1.97. The molecule has 6 nitrogen and oxygen atoms in total. The Morgan fingerprint density at radius 3 is 2.75 bits per heavy atom. The summed E-state index contributed by atoms with van der Waals surface area (Å²) in [5.74, 6) is 1.93. The van der Waals surface area contributed by atoms with Crippen LogP contribution in [0, 0.1) is 11.3 Å². The third-order valence-electron chi connectivity index (χ3n) is 2.53. The molecule has 20 heavy (non-hydrogen) atoms. The van der Waals surface area contributed by atoms with Gasteiger partial charge in [0.1, 0.15) is 6.07 Å². The Morgan fingerprint density at radius 1 is 1.35 bits per heavy atom. The number of anilines is 1. The quantitative estimate of drug-likeness (QED) is 0.871. The molecule has 0 aliphatic rings. The molecule has 0 saturated heterocycles. The maximum atomic E-state index is 8.95. The second-order valence-corrected chi connectivity index (χ2v) is 3.87. The average molecular weight is 273 g/mol. The minimum absolute atomic E-state index is 0.125. The zero-order chi connectivity index (χ0) is 14.4. The Labute approximate surface area is 116 Å². The Hall–Kier alpha value is -2.68. The normalized spacial score (nSPS) is 9.85. The van der Waals surface area contributed by atoms with Crippen LogP contribution < -0.4 is 14.8 Å². The molecular weight excluding hydrogens is 258 g/mol. The summed E-state index contributed by atoms with van der Waals surface area (Å²) in [4.78, 5) is 4.06. The second kappa shape index (κ2) is 6.48. The minimum Gasteiger partial charge on any atom is -0.493 e. The number of nitriles is 1. The molecule has 0 atom stereocenters. The van der Waals surface area contributed by atoms with Crippen LogP contribution in [-0.2, 0) is 6.61 Å². The first-order chi connectivity index (χ1) is 9.78. The van der Waals surface area contributed by atoms with Gasteiger partial charge in [-0.05, 0) is 19.1 Å². The largest absolute Gasteiger partial charge is 0.493 e. The van der Waals surface area contributed by atoms with Crippen molar-refractivity contribution in [1.82, 2.24) is 4.98 Å². The molecule has 1 N–H and O–H groups in total. The Kier molecular flexibility index (Phi) is 4.45. The third kappa shape index (κ3) is 3.01. The molecule has 0 saturated carbocycles. The number of benzene rings is 1. The maximum absolute atomic E-state index is 8.95. The van der Waals surface area contributed by atoms with E-state index in [4.69, 9.17) is 19.2 Å². The van der Waals surface area contributed by atoms with Crippen LogP contribution in [0.15, 0.2) is 28.7 Å². The van der Waals surface area contributed by atoms with Crippen LogP contribution in [-0.4, -0.2) is 18.6 Å². The highest BCUT2D eigenvalue weighted by molar-refractivity contribution is 5.45. The lowest BCUT2D eigenvalue weighted by Gasteiger charge is -2.08. The Balaban J connectivity index is 2.09. The molecule has 1 aromatic carbocycles. The van der Waals surface area contributed by atoms with Gasteiger partial charge in [-0.2, -0.15) is 10.2 Å². The van der Waals surface area contributed by atoms with Gasteiger partial charge in [-0.15, -0.1) is 0 Å². The predicted molar refractivity (Wildman–Crippen MR) is 72.7 cm³/mol. The molecular formula is C14H15N3O3. The van der Waals surface area contributed by atoms with Crippen LogP contribution in [0.5, 0.6) is 11.5 Å². The van der Waals surface area contributed by atoms with Gasteiger partial charge in [0.2, 0.25) is 17.5 Å². The number of para-hydroxylation sites is 2. The number of nitrogens with one attached hydrogen (secondary N) is 1. The van der Waals surface area contributed by atoms with E-state index in [1.165, 1.54) is 0 Å². The van der Waals surface area contributed by atoms with Crippen LogP contribution in [0.25, 0.3) is 0 Å². The molecule has 0 spiro atoms. The van der Waals surface area contributed by atoms with Gasteiger partial charge in [-0.25, -0.2) is 0 Å². The molecule has 6 heteroatoms. The lowest BCUT2D eigenvalue weighted by atomic mass is 10.3. The predicted octanol–water partition coefficient (Wildman–Crippen LogP) is 2.57. The SMILES string of the molecule is CCNc1oc(COc2ccccc2OC)nc1C#N. The van der Waals surface area contributed by atoms with Crippen molar-refractivity contribution in [2.75, 3.05) is 19.0 Å². The van der Waals surface area contributed by atoms with E-state index in [9.17, 15) is 0 Å². The molecule has 0 fully saturated rings. The monoisotopic (exact) mass is 273 g/mol. The lowest BCUT2D eigenvalue weighted by molar-refractivity contribution is 0.251. The number of rotatable bonds is 6. The van der Waals surface area contributed by atoms with E-state index in [1.54, 1.807) is 19.2 Å². The van der Waals surface area contributed by atoms with Crippen molar-refractivity contribution in [3.8, 4) is 17.6 Å². The fourth-order valence-electron chi connectivity index (χ4n) is 1.66. The number of methoxy groups -OCH3 is 1. The number of hydrogen-bond donors (Lipinski definition) is 1. The van der Waals surface area contributed by atoms with Crippen LogP contribution in [0.2, 0.25) is 0 Å². The number of hydrogen-bond acceptors (Lipinski definition) is 6. The van der Waals surface area contributed by atoms with E-state index < -0.39 is 0 Å². The van der Waals surface area contributed by atoms with Crippen LogP contribution in [0.4, 0.5) is 5.88 Å². The Morgan fingerprint density at radius 2 is 2.10 bits per heavy atom. The summed E-state index contributed by atoms with van der Waals surface area (Å²) in [6.45, 7) is 2.69. The molecule has 2 aromatic rings. The van der Waals surface area contributed by atoms with E-state index in [1.807, 2.05) is 25.1 Å². The van der Waals surface area contributed by atoms with Crippen molar-refractivity contribution < 1.29 is 13.9 Å². The van der Waals surface area contributed by atoms with E-state index >= 15 is 0 Å². The van der Waals surface area contributed by atoms with Gasteiger partial charge >= 0.3 is 0 Å². The number of aromatic nitrogens is 1. The van der Waals surface area contributed by atoms with E-state index in [0.717, 1.165) is 0 Å². The maximum Gasteiger partial charge on any atom is 0.236 e. The van der Waals surface area contributed by atoms with Crippen molar-refractivity contribution >= 4 is 5.88 Å². The van der Waals surface area contributed by atoms with Gasteiger partial charge in [0.15, 0.2) is 18.1 Å². The van der Waals surface area contributed by atoms with Crippen molar-refractivity contribution in [1.29, 1.82) is 5.26 Å². The Bertz CT molecular complexity index is 616. The molecule has 104 valence electrons. The number of nitrogens with zero attached hydrogens (tertiary/aromatic N) is 2. The standard InChI is InChI=1S/C14H15N3O3/c1-3-16-14-10(8-15)17-13(20-14)9-19-12-7-5-4-6-11(12)18-2/h4-7,16H,3,9H2,1-2H3. The fraction of sp³-hybridized carbons (Fsp3) is 0.286. The first-order valence-electron chi connectivity index (χ1n) is 6.18. The van der Waals surface area contributed by atoms with Crippen LogP contribution in [0.3, 0.4) is 0 Å². The van der Waals surface area contributed by atoms with E-state index in [-0.39, 0.29) is 12.3 Å². The summed E-state index contributed by atoms with van der Waals surface area (Å²) in [5.41, 5.74) is 0.227. The summed E-state index contributed by atoms with van der Waals surface area (Å²) in [5, 5.41) is 11.9. The first-order valence-corrected chi connectivity index (χ1v) is 6.18. The van der Waals surface area contributed by atoms with Gasteiger partial charge in [-0.3, -0.25) is 0 Å². The fourth-order valence-corrected chi connectivity index (χ4v) is 1.66. The summed E-state index contributed by atoms with van der Waals surface area (Å²) in [6.07, 6.45) is 0. The van der Waals surface area contributed by atoms with Gasteiger partial charge in [0.05, 0.1) is 7.11 Å². The van der Waals surface area contributed by atoms with Crippen LogP contribution in [0.1, 0.15) is 18.5 Å². The number of oxazole rings is 1. The van der Waals surface area contributed by atoms with E-state index in [2.05, 4.69) is 10.3 Å². The van der Waals surface area contributed by atoms with E-state index in [0.29, 0.717) is 29.8 Å². The molecule has 0 aliphatic heterocycles. The summed E-state index contributed by atoms with van der Waals surface area (Å²) < 4.78 is 16.2. The first kappa shape index (κ1) is 13.7. The second-order valence-electron chi connectivity index (χ2n) is 3.87. The highest BCUT2D eigenvalue weighted by atomic mass is 16.5. The van der Waals surface area contributed by atoms with Gasteiger partial charge < -0.3 is 19.2 Å². The molecule has 0 bridgehead atoms. The van der Waals surface area contributed by atoms with Crippen LogP contribution >= 0.6 is 0 Å². The third-order valence-corrected chi connectivity index (χ3v) is 2.53. The van der Waals surface area contributed by atoms with Crippen molar-refractivity contribution in [2.24, 2.45) is 0 Å². The minimum atomic E-state index is 0.125. The molecule has 0 radical (unpaired) electrons. The molecule has 0 unspecified atom stereocenters. The van der Waals surface area contributed by atoms with Crippen molar-refractivity contribution in [2.45, 2.75) is 13.5 Å². The summed E-state index contributed by atoms with van der Waals surface area (Å²) >= 11 is 0. The van der Waals surface area contributed by atoms with Gasteiger partial charge in [0, 0.05) is 6.54 Å². The average Bonchev–Trinajstić information content (AvgIpc) is 2.88. The number of ether oxygens (including phenoxy) is 2. The summed E-state index contributed by atoms with van der Waals surface area (Å²) in [7, 11) is 1.57. The topological polar surface area (TPSA) is 80.3 Å². The van der Waals surface area contributed by atoms with Crippen molar-refractivity contribution in [3.63, 3.8) is 0 Å². The molecule has 2 rings (SSSR count). The molecule has 1 aromatic heterocycles. The van der Waals surface area contributed by atoms with Gasteiger partial charge in [-0.1, -0.05) is 12.1 Å². The molecule has 1 heterocycles.